The minimum atomic E-state index is -0.722. The Morgan fingerprint density at radius 3 is 2.39 bits per heavy atom. The van der Waals surface area contributed by atoms with Gasteiger partial charge in [0.15, 0.2) is 12.4 Å². The highest BCUT2D eigenvalue weighted by molar-refractivity contribution is 6.45. The van der Waals surface area contributed by atoms with Crippen LogP contribution < -0.4 is 4.74 Å². The second-order valence-electron chi connectivity index (χ2n) is 8.12. The zero-order chi connectivity index (χ0) is 20.7. The van der Waals surface area contributed by atoms with E-state index in [0.717, 1.165) is 11.1 Å². The zero-order valence-corrected chi connectivity index (χ0v) is 17.8. The largest absolute Gasteiger partial charge is 0.480 e. The molecule has 1 atom stereocenters. The fourth-order valence-electron chi connectivity index (χ4n) is 3.43. The number of benzene rings is 2. The van der Waals surface area contributed by atoms with Crippen molar-refractivity contribution in [2.24, 2.45) is 0 Å². The van der Waals surface area contributed by atoms with E-state index in [1.165, 1.54) is 0 Å². The molecular weight excluding hydrogens is 399 g/mol. The first-order valence-corrected chi connectivity index (χ1v) is 9.74. The number of hydrogen-bond acceptors (Lipinski definition) is 4. The molecule has 0 saturated heterocycles. The Hall–Kier alpha value is -2.04. The van der Waals surface area contributed by atoms with Crippen LogP contribution in [0.25, 0.3) is 0 Å². The molecular formula is C22H22Cl2O4. The minimum absolute atomic E-state index is 0.0701. The summed E-state index contributed by atoms with van der Waals surface area (Å²) in [7, 11) is 0. The molecule has 0 N–H and O–H groups in total. The van der Waals surface area contributed by atoms with Crippen molar-refractivity contribution in [1.82, 2.24) is 0 Å². The van der Waals surface area contributed by atoms with Gasteiger partial charge < -0.3 is 9.47 Å². The highest BCUT2D eigenvalue weighted by Gasteiger charge is 2.45. The lowest BCUT2D eigenvalue weighted by atomic mass is 9.79. The molecule has 2 aromatic carbocycles. The third-order valence-corrected chi connectivity index (χ3v) is 5.55. The quantitative estimate of drug-likeness (QED) is 0.620. The van der Waals surface area contributed by atoms with Crippen molar-refractivity contribution in [3.05, 3.63) is 63.1 Å². The lowest BCUT2D eigenvalue weighted by molar-refractivity contribution is -0.157. The van der Waals surface area contributed by atoms with E-state index in [4.69, 9.17) is 32.7 Å². The van der Waals surface area contributed by atoms with Gasteiger partial charge in [-0.15, -0.1) is 0 Å². The first-order valence-electron chi connectivity index (χ1n) is 8.99. The fraction of sp³-hybridized carbons (Fsp3) is 0.364. The van der Waals surface area contributed by atoms with Crippen LogP contribution in [0.5, 0.6) is 5.75 Å². The van der Waals surface area contributed by atoms with Crippen molar-refractivity contribution in [2.45, 2.75) is 45.1 Å². The summed E-state index contributed by atoms with van der Waals surface area (Å²) in [5.74, 6) is -0.314. The van der Waals surface area contributed by atoms with Crippen LogP contribution in [-0.2, 0) is 21.4 Å². The van der Waals surface area contributed by atoms with Crippen molar-refractivity contribution in [3.8, 4) is 5.75 Å². The van der Waals surface area contributed by atoms with Crippen LogP contribution in [-0.4, -0.2) is 24.0 Å². The summed E-state index contributed by atoms with van der Waals surface area (Å²) in [5, 5.41) is 0.276. The van der Waals surface area contributed by atoms with Crippen molar-refractivity contribution in [2.75, 3.05) is 6.61 Å². The van der Waals surface area contributed by atoms with Crippen LogP contribution >= 0.6 is 23.2 Å². The van der Waals surface area contributed by atoms with E-state index in [0.29, 0.717) is 12.0 Å². The third kappa shape index (κ3) is 3.89. The third-order valence-electron chi connectivity index (χ3n) is 4.70. The second-order valence-corrected chi connectivity index (χ2v) is 8.87. The van der Waals surface area contributed by atoms with E-state index in [9.17, 15) is 9.59 Å². The van der Waals surface area contributed by atoms with Crippen molar-refractivity contribution in [1.29, 1.82) is 0 Å². The number of fused-ring (bicyclic) bond motifs is 1. The van der Waals surface area contributed by atoms with Gasteiger partial charge in [-0.3, -0.25) is 4.79 Å². The Bertz CT molecular complexity index is 932. The van der Waals surface area contributed by atoms with Gasteiger partial charge in [0.1, 0.15) is 16.4 Å². The Morgan fingerprint density at radius 2 is 1.79 bits per heavy atom. The van der Waals surface area contributed by atoms with Gasteiger partial charge in [0.25, 0.3) is 0 Å². The van der Waals surface area contributed by atoms with Gasteiger partial charge in [-0.25, -0.2) is 4.79 Å². The monoisotopic (exact) mass is 420 g/mol. The molecule has 148 valence electrons. The van der Waals surface area contributed by atoms with E-state index in [1.807, 2.05) is 37.3 Å². The maximum Gasteiger partial charge on any atom is 0.344 e. The topological polar surface area (TPSA) is 52.6 Å². The molecule has 0 heterocycles. The molecule has 0 radical (unpaired) electrons. The van der Waals surface area contributed by atoms with Crippen LogP contribution in [0.15, 0.2) is 36.4 Å². The highest BCUT2D eigenvalue weighted by Crippen LogP contribution is 2.47. The van der Waals surface area contributed by atoms with Crippen molar-refractivity contribution >= 4 is 35.0 Å². The second kappa shape index (κ2) is 7.41. The Balaban J connectivity index is 1.89. The number of hydrogen-bond donors (Lipinski definition) is 0. The molecule has 3 rings (SSSR count). The molecule has 1 aliphatic rings. The van der Waals surface area contributed by atoms with Gasteiger partial charge >= 0.3 is 5.97 Å². The van der Waals surface area contributed by atoms with E-state index in [-0.39, 0.29) is 28.2 Å². The summed E-state index contributed by atoms with van der Waals surface area (Å²) >= 11 is 12.8. The molecule has 0 fully saturated rings. The van der Waals surface area contributed by atoms with Crippen LogP contribution in [0.3, 0.4) is 0 Å². The summed E-state index contributed by atoms with van der Waals surface area (Å²) in [6, 6.07) is 11.3. The molecule has 28 heavy (non-hydrogen) atoms. The average Bonchev–Trinajstić information content (AvgIpc) is 2.88. The number of rotatable bonds is 4. The molecule has 2 aromatic rings. The summed E-state index contributed by atoms with van der Waals surface area (Å²) < 4.78 is 10.8. The van der Waals surface area contributed by atoms with Crippen molar-refractivity contribution < 1.29 is 19.1 Å². The standard InChI is InChI=1S/C22H22Cl2O4/c1-21(2,3)28-16(25)12-27-15-10-13-11-22(4,14-8-6-5-7-9-14)20(26)17(13)19(24)18(15)23/h5-10H,11-12H2,1-4H3. The van der Waals surface area contributed by atoms with Gasteiger partial charge in [-0.2, -0.15) is 0 Å². The van der Waals surface area contributed by atoms with E-state index in [1.54, 1.807) is 26.8 Å². The number of Topliss-reactive ketones (excluding diaryl/α,β-unsaturated/α-hetero) is 1. The predicted octanol–water partition coefficient (Wildman–Crippen LogP) is 5.41. The van der Waals surface area contributed by atoms with Crippen molar-refractivity contribution in [3.63, 3.8) is 0 Å². The summed E-state index contributed by atoms with van der Waals surface area (Å²) in [6.45, 7) is 6.94. The maximum absolute atomic E-state index is 13.2. The molecule has 0 aromatic heterocycles. The Morgan fingerprint density at radius 1 is 1.14 bits per heavy atom. The number of carbonyl (C=O) groups is 2. The van der Waals surface area contributed by atoms with Gasteiger partial charge in [0, 0.05) is 5.56 Å². The molecule has 4 nitrogen and oxygen atoms in total. The summed E-state index contributed by atoms with van der Waals surface area (Å²) in [5.41, 5.74) is 0.761. The molecule has 1 unspecified atom stereocenters. The minimum Gasteiger partial charge on any atom is -0.480 e. The molecule has 0 saturated carbocycles. The van der Waals surface area contributed by atoms with Gasteiger partial charge in [-0.05, 0) is 51.3 Å². The van der Waals surface area contributed by atoms with Gasteiger partial charge in [0.2, 0.25) is 0 Å². The number of carbonyl (C=O) groups excluding carboxylic acids is 2. The van der Waals surface area contributed by atoms with Gasteiger partial charge in [0.05, 0.1) is 10.4 Å². The van der Waals surface area contributed by atoms with Gasteiger partial charge in [-0.1, -0.05) is 53.5 Å². The smallest absolute Gasteiger partial charge is 0.344 e. The molecule has 0 amide bonds. The van der Waals surface area contributed by atoms with Crippen LogP contribution in [0, 0.1) is 0 Å². The Kier molecular flexibility index (Phi) is 5.48. The van der Waals surface area contributed by atoms with E-state index < -0.39 is 17.0 Å². The first kappa shape index (κ1) is 20.7. The van der Waals surface area contributed by atoms with Crippen LogP contribution in [0.4, 0.5) is 0 Å². The summed E-state index contributed by atoms with van der Waals surface area (Å²) in [4.78, 5) is 25.1. The number of halogens is 2. The SMILES string of the molecule is CC(C)(C)OC(=O)COc1cc2c(c(Cl)c1Cl)C(=O)C(C)(c1ccccc1)C2. The molecule has 0 aliphatic heterocycles. The van der Waals surface area contributed by atoms with Crippen LogP contribution in [0.2, 0.25) is 10.0 Å². The fourth-order valence-corrected chi connectivity index (χ4v) is 3.93. The zero-order valence-electron chi connectivity index (χ0n) is 16.3. The Labute approximate surface area is 174 Å². The number of esters is 1. The lowest BCUT2D eigenvalue weighted by Crippen LogP contribution is -2.29. The number of ketones is 1. The number of ether oxygens (including phenoxy) is 2. The average molecular weight is 421 g/mol. The van der Waals surface area contributed by atoms with Crippen LogP contribution in [0.1, 0.15) is 49.2 Å². The molecule has 0 spiro atoms. The first-order chi connectivity index (χ1) is 13.0. The highest BCUT2D eigenvalue weighted by atomic mass is 35.5. The predicted molar refractivity (Wildman–Crippen MR) is 110 cm³/mol. The normalized spacial score (nSPS) is 18.7. The maximum atomic E-state index is 13.2. The van der Waals surface area contributed by atoms with E-state index in [2.05, 4.69) is 0 Å². The molecule has 0 bridgehead atoms. The molecule has 1 aliphatic carbocycles. The lowest BCUT2D eigenvalue weighted by Gasteiger charge is -2.22. The summed E-state index contributed by atoms with van der Waals surface area (Å²) in [6.07, 6.45) is 0.477. The van der Waals surface area contributed by atoms with E-state index >= 15 is 0 Å². The molecule has 6 heteroatoms.